The molecule has 170 valence electrons. The van der Waals surface area contributed by atoms with Crippen molar-refractivity contribution in [3.05, 3.63) is 54.1 Å². The second-order valence-electron chi connectivity index (χ2n) is 8.18. The summed E-state index contributed by atoms with van der Waals surface area (Å²) >= 11 is 0. The Morgan fingerprint density at radius 1 is 0.970 bits per heavy atom. The fourth-order valence-corrected chi connectivity index (χ4v) is 4.82. The number of hydrogen-bond donors (Lipinski definition) is 2. The van der Waals surface area contributed by atoms with Crippen LogP contribution in [0.5, 0.6) is 0 Å². The van der Waals surface area contributed by atoms with Crippen molar-refractivity contribution >= 4 is 44.0 Å². The highest BCUT2D eigenvalue weighted by molar-refractivity contribution is 7.89. The van der Waals surface area contributed by atoms with Crippen LogP contribution >= 0.6 is 0 Å². The smallest absolute Gasteiger partial charge is 0.344 e. The fourth-order valence-electron chi connectivity index (χ4n) is 4.30. The Morgan fingerprint density at radius 3 is 2.24 bits per heavy atom. The second kappa shape index (κ2) is 8.13. The molecule has 9 nitrogen and oxygen atoms in total. The third-order valence-corrected chi connectivity index (χ3v) is 6.88. The zero-order valence-corrected chi connectivity index (χ0v) is 18.6. The molecule has 0 amide bonds. The van der Waals surface area contributed by atoms with E-state index < -0.39 is 16.0 Å². The van der Waals surface area contributed by atoms with E-state index in [2.05, 4.69) is 4.98 Å². The molecule has 0 atom stereocenters. The molecule has 4 aromatic rings. The molecule has 33 heavy (non-hydrogen) atoms. The van der Waals surface area contributed by atoms with Gasteiger partial charge in [-0.25, -0.2) is 28.3 Å². The minimum atomic E-state index is -3.85. The van der Waals surface area contributed by atoms with Crippen LogP contribution in [0.4, 0.5) is 5.82 Å². The molecular weight excluding hydrogens is 442 g/mol. The average molecular weight is 466 g/mol. The molecule has 2 aromatic carbocycles. The van der Waals surface area contributed by atoms with Gasteiger partial charge in [-0.05, 0) is 62.1 Å². The van der Waals surface area contributed by atoms with Crippen LogP contribution in [0.1, 0.15) is 42.5 Å². The van der Waals surface area contributed by atoms with Crippen molar-refractivity contribution in [3.63, 3.8) is 0 Å². The summed E-state index contributed by atoms with van der Waals surface area (Å²) in [5.41, 5.74) is 9.13. The van der Waals surface area contributed by atoms with Gasteiger partial charge in [-0.3, -0.25) is 4.57 Å². The topological polar surface area (TPSA) is 143 Å². The predicted molar refractivity (Wildman–Crippen MR) is 124 cm³/mol. The van der Waals surface area contributed by atoms with E-state index in [1.807, 2.05) is 24.3 Å². The van der Waals surface area contributed by atoms with Crippen molar-refractivity contribution in [2.45, 2.75) is 43.1 Å². The van der Waals surface area contributed by atoms with E-state index in [-0.39, 0.29) is 22.4 Å². The summed E-state index contributed by atoms with van der Waals surface area (Å²) in [5, 5.41) is 5.22. The minimum Gasteiger partial charge on any atom is -0.459 e. The van der Waals surface area contributed by atoms with E-state index in [1.165, 1.54) is 12.1 Å². The number of benzene rings is 2. The molecule has 4 N–H and O–H groups in total. The lowest BCUT2D eigenvalue weighted by Gasteiger charge is -2.21. The lowest BCUT2D eigenvalue weighted by molar-refractivity contribution is 0.0214. The normalized spacial score (nSPS) is 15.2. The molecule has 10 heteroatoms. The molecule has 0 radical (unpaired) electrons. The lowest BCUT2D eigenvalue weighted by atomic mass is 9.98. The summed E-state index contributed by atoms with van der Waals surface area (Å²) in [4.78, 5) is 22.6. The van der Waals surface area contributed by atoms with Gasteiger partial charge in [0.1, 0.15) is 23.0 Å². The van der Waals surface area contributed by atoms with Crippen LogP contribution in [0.25, 0.3) is 27.9 Å². The van der Waals surface area contributed by atoms with E-state index in [4.69, 9.17) is 20.6 Å². The Hall–Kier alpha value is -3.50. The highest BCUT2D eigenvalue weighted by atomic mass is 32.2. The molecular formula is C23H23N5O4S. The molecule has 1 saturated carbocycles. The number of primary sulfonamides is 1. The monoisotopic (exact) mass is 465 g/mol. The molecule has 0 saturated heterocycles. The first kappa shape index (κ1) is 21.4. The number of anilines is 1. The molecule has 5 rings (SSSR count). The highest BCUT2D eigenvalue weighted by Gasteiger charge is 2.28. The lowest BCUT2D eigenvalue weighted by Crippen LogP contribution is -2.21. The Kier molecular flexibility index (Phi) is 5.26. The molecule has 1 aliphatic rings. The van der Waals surface area contributed by atoms with Gasteiger partial charge in [0.15, 0.2) is 5.65 Å². The quantitative estimate of drug-likeness (QED) is 0.440. The standard InChI is InChI=1S/C23H23N5O4S/c24-21-19(23(29)32-15-6-2-1-3-7-15)20-22(27-18-9-5-4-8-17(18)26-20)28(21)14-10-12-16(13-11-14)33(25,30)31/h4-5,8-13,15H,1-3,6-7,24H2,(H2,25,30,31). The van der Waals surface area contributed by atoms with E-state index in [0.717, 1.165) is 32.1 Å². The van der Waals surface area contributed by atoms with Crippen LogP contribution in [0.15, 0.2) is 53.4 Å². The number of nitrogens with zero attached hydrogens (tertiary/aromatic N) is 3. The van der Waals surface area contributed by atoms with Crippen molar-refractivity contribution in [3.8, 4) is 5.69 Å². The third kappa shape index (κ3) is 3.91. The Morgan fingerprint density at radius 2 is 1.61 bits per heavy atom. The number of aromatic nitrogens is 3. The molecule has 0 spiro atoms. The Balaban J connectivity index is 1.69. The number of hydrogen-bond acceptors (Lipinski definition) is 7. The van der Waals surface area contributed by atoms with Crippen molar-refractivity contribution in [2.75, 3.05) is 5.73 Å². The van der Waals surface area contributed by atoms with E-state index in [9.17, 15) is 13.2 Å². The maximum atomic E-state index is 13.2. The van der Waals surface area contributed by atoms with Crippen molar-refractivity contribution in [1.29, 1.82) is 0 Å². The summed E-state index contributed by atoms with van der Waals surface area (Å²) in [6.45, 7) is 0. The number of esters is 1. The number of nitrogen functional groups attached to an aromatic ring is 1. The van der Waals surface area contributed by atoms with Crippen molar-refractivity contribution < 1.29 is 17.9 Å². The molecule has 0 bridgehead atoms. The van der Waals surface area contributed by atoms with Gasteiger partial charge in [-0.2, -0.15) is 0 Å². The molecule has 2 heterocycles. The van der Waals surface area contributed by atoms with Crippen molar-refractivity contribution in [1.82, 2.24) is 14.5 Å². The van der Waals surface area contributed by atoms with Crippen molar-refractivity contribution in [2.24, 2.45) is 5.14 Å². The maximum Gasteiger partial charge on any atom is 0.344 e. The molecule has 0 unspecified atom stereocenters. The third-order valence-electron chi connectivity index (χ3n) is 5.95. The summed E-state index contributed by atoms with van der Waals surface area (Å²) in [5.74, 6) is -0.404. The number of carbonyl (C=O) groups is 1. The van der Waals surface area contributed by atoms with Gasteiger partial charge < -0.3 is 10.5 Å². The molecule has 2 aromatic heterocycles. The minimum absolute atomic E-state index is 0.0326. The van der Waals surface area contributed by atoms with Gasteiger partial charge in [0.05, 0.1) is 15.9 Å². The Bertz CT molecular complexity index is 1470. The van der Waals surface area contributed by atoms with Crippen LogP contribution in [0, 0.1) is 0 Å². The van der Waals surface area contributed by atoms with E-state index >= 15 is 0 Å². The molecule has 0 aliphatic heterocycles. The summed E-state index contributed by atoms with van der Waals surface area (Å²) < 4.78 is 30.7. The van der Waals surface area contributed by atoms with Crippen LogP contribution in [-0.4, -0.2) is 35.0 Å². The van der Waals surface area contributed by atoms with Crippen LogP contribution in [-0.2, 0) is 14.8 Å². The largest absolute Gasteiger partial charge is 0.459 e. The zero-order valence-electron chi connectivity index (χ0n) is 17.8. The fraction of sp³-hybridized carbons (Fsp3) is 0.261. The maximum absolute atomic E-state index is 13.2. The second-order valence-corrected chi connectivity index (χ2v) is 9.75. The predicted octanol–water partition coefficient (Wildman–Crippen LogP) is 3.29. The van der Waals surface area contributed by atoms with Crippen LogP contribution in [0.3, 0.4) is 0 Å². The zero-order chi connectivity index (χ0) is 23.2. The average Bonchev–Trinajstić information content (AvgIpc) is 3.08. The number of fused-ring (bicyclic) bond motifs is 2. The summed E-state index contributed by atoms with van der Waals surface area (Å²) in [6, 6.07) is 13.2. The first-order chi connectivity index (χ1) is 15.8. The van der Waals surface area contributed by atoms with Gasteiger partial charge in [0.2, 0.25) is 10.0 Å². The van der Waals surface area contributed by atoms with Crippen LogP contribution in [0.2, 0.25) is 0 Å². The first-order valence-electron chi connectivity index (χ1n) is 10.7. The number of sulfonamides is 1. The number of carbonyl (C=O) groups excluding carboxylic acids is 1. The molecule has 1 aliphatic carbocycles. The number of nitrogens with two attached hydrogens (primary N) is 2. The van der Waals surface area contributed by atoms with Gasteiger partial charge in [-0.15, -0.1) is 0 Å². The first-order valence-corrected chi connectivity index (χ1v) is 12.3. The Labute approximate surface area is 190 Å². The van der Waals surface area contributed by atoms with Gasteiger partial charge in [-0.1, -0.05) is 18.6 Å². The number of ether oxygens (including phenoxy) is 1. The van der Waals surface area contributed by atoms with Gasteiger partial charge in [0.25, 0.3) is 0 Å². The number of para-hydroxylation sites is 2. The number of rotatable bonds is 4. The SMILES string of the molecule is Nc1c(C(=O)OC2CCCCC2)c2nc3ccccc3nc2n1-c1ccc(S(N)(=O)=O)cc1. The van der Waals surface area contributed by atoms with Crippen LogP contribution < -0.4 is 10.9 Å². The summed E-state index contributed by atoms with van der Waals surface area (Å²) in [7, 11) is -3.85. The summed E-state index contributed by atoms with van der Waals surface area (Å²) in [6.07, 6.45) is 4.70. The highest BCUT2D eigenvalue weighted by Crippen LogP contribution is 2.33. The molecule has 1 fully saturated rings. The van der Waals surface area contributed by atoms with E-state index in [1.54, 1.807) is 16.7 Å². The van der Waals surface area contributed by atoms with E-state index in [0.29, 0.717) is 27.9 Å². The van der Waals surface area contributed by atoms with Gasteiger partial charge in [0, 0.05) is 5.69 Å². The van der Waals surface area contributed by atoms with Gasteiger partial charge >= 0.3 is 5.97 Å².